The average molecular weight is 669 g/mol. The van der Waals surface area contributed by atoms with E-state index in [1.165, 1.54) is 0 Å². The smallest absolute Gasteiger partial charge is 0.145 e. The van der Waals surface area contributed by atoms with Gasteiger partial charge in [0.2, 0.25) is 0 Å². The molecule has 6 nitrogen and oxygen atoms in total. The van der Waals surface area contributed by atoms with Gasteiger partial charge >= 0.3 is 0 Å². The van der Waals surface area contributed by atoms with Crippen LogP contribution in [0.25, 0.3) is 84.1 Å². The van der Waals surface area contributed by atoms with Gasteiger partial charge in [0, 0.05) is 16.7 Å². The van der Waals surface area contributed by atoms with Crippen LogP contribution < -0.4 is 0 Å². The number of imidazole rings is 3. The number of nitrogens with zero attached hydrogens (tertiary/aromatic N) is 6. The summed E-state index contributed by atoms with van der Waals surface area (Å²) in [6, 6.07) is 61.4. The first-order valence-corrected chi connectivity index (χ1v) is 17.5. The lowest BCUT2D eigenvalue weighted by Crippen LogP contribution is -2.04. The molecule has 0 saturated heterocycles. The van der Waals surface area contributed by atoms with Gasteiger partial charge in [-0.2, -0.15) is 0 Å². The molecule has 246 valence electrons. The van der Waals surface area contributed by atoms with Gasteiger partial charge in [-0.05, 0) is 73.2 Å². The lowest BCUT2D eigenvalue weighted by atomic mass is 10.0. The normalized spacial score (nSPS) is 11.6. The predicted octanol–water partition coefficient (Wildman–Crippen LogP) is 11.0. The minimum atomic E-state index is 0.886. The molecular weight excluding hydrogens is 637 g/mol. The fraction of sp³-hybridized carbons (Fsp3) is 0.0217. The van der Waals surface area contributed by atoms with E-state index in [1.54, 1.807) is 0 Å². The second kappa shape index (κ2) is 12.1. The van der Waals surface area contributed by atoms with Gasteiger partial charge in [0.15, 0.2) is 0 Å². The van der Waals surface area contributed by atoms with E-state index in [0.717, 1.165) is 89.9 Å². The van der Waals surface area contributed by atoms with E-state index < -0.39 is 0 Å². The minimum Gasteiger partial charge on any atom is -0.296 e. The molecule has 0 saturated carbocycles. The van der Waals surface area contributed by atoms with Crippen molar-refractivity contribution in [3.05, 3.63) is 182 Å². The number of fused-ring (bicyclic) bond motifs is 3. The molecule has 0 N–H and O–H groups in total. The van der Waals surface area contributed by atoms with Crippen molar-refractivity contribution in [3.63, 3.8) is 0 Å². The number of hydrogen-bond donors (Lipinski definition) is 0. The van der Waals surface area contributed by atoms with Crippen LogP contribution in [0.5, 0.6) is 0 Å². The van der Waals surface area contributed by atoms with Crippen LogP contribution in [-0.2, 0) is 0 Å². The highest BCUT2D eigenvalue weighted by Crippen LogP contribution is 2.38. The molecule has 0 atom stereocenters. The van der Waals surface area contributed by atoms with E-state index in [0.29, 0.717) is 0 Å². The first-order valence-electron chi connectivity index (χ1n) is 17.5. The van der Waals surface area contributed by atoms with Gasteiger partial charge in [0.05, 0.1) is 50.2 Å². The molecule has 10 aromatic rings. The minimum absolute atomic E-state index is 0.886. The monoisotopic (exact) mass is 668 g/mol. The third-order valence-electron chi connectivity index (χ3n) is 9.79. The van der Waals surface area contributed by atoms with Crippen molar-refractivity contribution in [2.45, 2.75) is 6.92 Å². The highest BCUT2D eigenvalue weighted by atomic mass is 15.1. The van der Waals surface area contributed by atoms with Gasteiger partial charge in [-0.3, -0.25) is 13.7 Å². The Kier molecular flexibility index (Phi) is 6.93. The van der Waals surface area contributed by atoms with Crippen molar-refractivity contribution in [2.75, 3.05) is 0 Å². The molecule has 0 amide bonds. The summed E-state index contributed by atoms with van der Waals surface area (Å²) in [6.45, 7) is 2.08. The third kappa shape index (κ3) is 4.84. The molecule has 0 aliphatic rings. The number of aryl methyl sites for hydroxylation is 1. The Balaban J connectivity index is 1.29. The standard InChI is InChI=1S/C46H32N6/c1-31-47-38-21-9-13-25-42(38)50(31)35-28-34(29-36(30-35)51-43-26-14-10-22-39(43)48-45(51)32-16-4-2-5-17-32)37-20-8-12-24-41(37)52-44-27-15-11-23-40(44)49-46(52)33-18-6-3-7-19-33/h2-30H,1H3. The second-order valence-electron chi connectivity index (χ2n) is 13.0. The van der Waals surface area contributed by atoms with E-state index >= 15 is 0 Å². The summed E-state index contributed by atoms with van der Waals surface area (Å²) in [7, 11) is 0. The Bertz CT molecular complexity index is 2910. The topological polar surface area (TPSA) is 53.5 Å². The van der Waals surface area contributed by atoms with Crippen LogP contribution in [0.4, 0.5) is 0 Å². The van der Waals surface area contributed by atoms with Crippen molar-refractivity contribution in [3.8, 4) is 51.0 Å². The van der Waals surface area contributed by atoms with Crippen molar-refractivity contribution >= 4 is 33.1 Å². The Morgan fingerprint density at radius 1 is 0.365 bits per heavy atom. The maximum atomic E-state index is 5.19. The molecule has 0 spiro atoms. The zero-order chi connectivity index (χ0) is 34.6. The van der Waals surface area contributed by atoms with Crippen molar-refractivity contribution in [2.24, 2.45) is 0 Å². The number of rotatable bonds is 6. The molecule has 0 bridgehead atoms. The van der Waals surface area contributed by atoms with E-state index in [-0.39, 0.29) is 0 Å². The van der Waals surface area contributed by atoms with E-state index in [1.807, 2.05) is 30.3 Å². The SMILES string of the molecule is Cc1nc2ccccc2n1-c1cc(-c2ccccc2-n2c(-c3ccccc3)nc3ccccc32)cc(-n2c(-c3ccccc3)nc3ccccc32)c1. The Morgan fingerprint density at radius 3 is 1.42 bits per heavy atom. The Hall–Kier alpha value is -7.05. The molecule has 0 radical (unpaired) electrons. The summed E-state index contributed by atoms with van der Waals surface area (Å²) in [4.78, 5) is 15.3. The summed E-state index contributed by atoms with van der Waals surface area (Å²) in [5.41, 5.74) is 13.3. The summed E-state index contributed by atoms with van der Waals surface area (Å²) in [5.74, 6) is 2.70. The lowest BCUT2D eigenvalue weighted by Gasteiger charge is -2.19. The fourth-order valence-electron chi connectivity index (χ4n) is 7.51. The number of aromatic nitrogens is 6. The average Bonchev–Trinajstić information content (AvgIpc) is 3.89. The van der Waals surface area contributed by atoms with Crippen LogP contribution >= 0.6 is 0 Å². The van der Waals surface area contributed by atoms with Crippen molar-refractivity contribution in [1.82, 2.24) is 28.7 Å². The first kappa shape index (κ1) is 29.8. The Morgan fingerprint density at radius 2 is 0.808 bits per heavy atom. The third-order valence-corrected chi connectivity index (χ3v) is 9.79. The molecule has 0 fully saturated rings. The second-order valence-corrected chi connectivity index (χ2v) is 13.0. The zero-order valence-corrected chi connectivity index (χ0v) is 28.4. The van der Waals surface area contributed by atoms with Crippen molar-refractivity contribution < 1.29 is 0 Å². The summed E-state index contributed by atoms with van der Waals surface area (Å²) < 4.78 is 6.84. The molecule has 3 heterocycles. The van der Waals surface area contributed by atoms with Gasteiger partial charge in [-0.1, -0.05) is 115 Å². The number of hydrogen-bond acceptors (Lipinski definition) is 3. The highest BCUT2D eigenvalue weighted by molar-refractivity contribution is 5.89. The maximum Gasteiger partial charge on any atom is 0.145 e. The van der Waals surface area contributed by atoms with Gasteiger partial charge in [0.1, 0.15) is 17.5 Å². The van der Waals surface area contributed by atoms with Crippen LogP contribution in [0.3, 0.4) is 0 Å². The molecule has 6 heteroatoms. The molecular formula is C46H32N6. The summed E-state index contributed by atoms with van der Waals surface area (Å²) >= 11 is 0. The first-order chi connectivity index (χ1) is 25.7. The van der Waals surface area contributed by atoms with Crippen LogP contribution in [0.1, 0.15) is 5.82 Å². The zero-order valence-electron chi connectivity index (χ0n) is 28.4. The summed E-state index contributed by atoms with van der Waals surface area (Å²) in [5, 5.41) is 0. The molecule has 0 aliphatic heterocycles. The largest absolute Gasteiger partial charge is 0.296 e. The molecule has 3 aromatic heterocycles. The fourth-order valence-corrected chi connectivity index (χ4v) is 7.51. The van der Waals surface area contributed by atoms with E-state index in [2.05, 4.69) is 166 Å². The van der Waals surface area contributed by atoms with Crippen LogP contribution in [0, 0.1) is 6.92 Å². The van der Waals surface area contributed by atoms with Gasteiger partial charge in [0.25, 0.3) is 0 Å². The molecule has 0 aliphatic carbocycles. The van der Waals surface area contributed by atoms with Gasteiger partial charge in [-0.15, -0.1) is 0 Å². The summed E-state index contributed by atoms with van der Waals surface area (Å²) in [6.07, 6.45) is 0. The van der Waals surface area contributed by atoms with Gasteiger partial charge < -0.3 is 0 Å². The highest BCUT2D eigenvalue weighted by Gasteiger charge is 2.21. The molecule has 0 unspecified atom stereocenters. The lowest BCUT2D eigenvalue weighted by molar-refractivity contribution is 0.994. The maximum absolute atomic E-state index is 5.19. The van der Waals surface area contributed by atoms with Crippen LogP contribution in [-0.4, -0.2) is 28.7 Å². The predicted molar refractivity (Wildman–Crippen MR) is 211 cm³/mol. The molecule has 52 heavy (non-hydrogen) atoms. The van der Waals surface area contributed by atoms with E-state index in [4.69, 9.17) is 15.0 Å². The van der Waals surface area contributed by atoms with Gasteiger partial charge in [-0.25, -0.2) is 15.0 Å². The van der Waals surface area contributed by atoms with Crippen LogP contribution in [0.15, 0.2) is 176 Å². The number of para-hydroxylation sites is 7. The molecule has 10 rings (SSSR count). The Labute approximate surface area is 300 Å². The van der Waals surface area contributed by atoms with Crippen LogP contribution in [0.2, 0.25) is 0 Å². The van der Waals surface area contributed by atoms with E-state index in [9.17, 15) is 0 Å². The van der Waals surface area contributed by atoms with Crippen molar-refractivity contribution in [1.29, 1.82) is 0 Å². The quantitative estimate of drug-likeness (QED) is 0.177. The molecule has 7 aromatic carbocycles. The number of benzene rings is 7.